The summed E-state index contributed by atoms with van der Waals surface area (Å²) in [6.07, 6.45) is 2.56. The fraction of sp³-hybridized carbons (Fsp3) is 0.364. The van der Waals surface area contributed by atoms with Gasteiger partial charge in [0.1, 0.15) is 5.40 Å². The minimum atomic E-state index is 0.715. The molecule has 1 saturated carbocycles. The summed E-state index contributed by atoms with van der Waals surface area (Å²) in [7, 11) is 0. The van der Waals surface area contributed by atoms with Crippen molar-refractivity contribution >= 4 is 23.4 Å². The molecule has 14 heavy (non-hydrogen) atoms. The van der Waals surface area contributed by atoms with Gasteiger partial charge in [-0.3, -0.25) is 0 Å². The van der Waals surface area contributed by atoms with Crippen molar-refractivity contribution < 1.29 is 0 Å². The van der Waals surface area contributed by atoms with Gasteiger partial charge in [0.05, 0.1) is 5.02 Å². The van der Waals surface area contributed by atoms with Crippen molar-refractivity contribution in [1.82, 2.24) is 0 Å². The number of hydrogen-bond acceptors (Lipinski definition) is 2. The van der Waals surface area contributed by atoms with Crippen molar-refractivity contribution in [3.8, 4) is 5.40 Å². The van der Waals surface area contributed by atoms with Gasteiger partial charge in [-0.2, -0.15) is 5.26 Å². The summed E-state index contributed by atoms with van der Waals surface area (Å²) in [5.41, 5.74) is 2.45. The fourth-order valence-corrected chi connectivity index (χ4v) is 2.44. The first-order chi connectivity index (χ1) is 6.72. The first-order valence-electron chi connectivity index (χ1n) is 4.58. The molecule has 0 atom stereocenters. The highest BCUT2D eigenvalue weighted by Gasteiger charge is 2.24. The van der Waals surface area contributed by atoms with Gasteiger partial charge in [0.2, 0.25) is 0 Å². The highest BCUT2D eigenvalue weighted by Crippen LogP contribution is 2.43. The van der Waals surface area contributed by atoms with Crippen molar-refractivity contribution in [2.75, 3.05) is 0 Å². The number of nitrogens with zero attached hydrogens (tertiary/aromatic N) is 1. The zero-order valence-electron chi connectivity index (χ0n) is 7.88. The number of hydrogen-bond donors (Lipinski definition) is 0. The average Bonchev–Trinajstić information content (AvgIpc) is 2.93. The Hall–Kier alpha value is -0.650. The first-order valence-corrected chi connectivity index (χ1v) is 5.78. The molecule has 0 spiro atoms. The van der Waals surface area contributed by atoms with E-state index in [0.717, 1.165) is 27.2 Å². The fourth-order valence-electron chi connectivity index (χ4n) is 1.58. The lowest BCUT2D eigenvalue weighted by Gasteiger charge is -2.06. The number of aryl methyl sites for hydroxylation is 1. The molecule has 2 rings (SSSR count). The summed E-state index contributed by atoms with van der Waals surface area (Å²) < 4.78 is 0. The predicted octanol–water partition coefficient (Wildman–Crippen LogP) is 4.10. The van der Waals surface area contributed by atoms with E-state index in [0.29, 0.717) is 5.92 Å². The minimum absolute atomic E-state index is 0.715. The van der Waals surface area contributed by atoms with Crippen LogP contribution in [0, 0.1) is 17.6 Å². The number of thiocyanates is 1. The van der Waals surface area contributed by atoms with Crippen LogP contribution in [0.15, 0.2) is 17.0 Å². The first kappa shape index (κ1) is 9.89. The van der Waals surface area contributed by atoms with E-state index in [1.165, 1.54) is 18.4 Å². The Morgan fingerprint density at radius 3 is 2.71 bits per heavy atom. The van der Waals surface area contributed by atoms with Gasteiger partial charge in [-0.15, -0.1) is 0 Å². The Morgan fingerprint density at radius 2 is 2.21 bits per heavy atom. The predicted molar refractivity (Wildman–Crippen MR) is 59.6 cm³/mol. The van der Waals surface area contributed by atoms with E-state index in [1.807, 2.05) is 13.0 Å². The molecule has 3 heteroatoms. The van der Waals surface area contributed by atoms with Crippen LogP contribution in [0.25, 0.3) is 0 Å². The molecule has 0 radical (unpaired) electrons. The number of halogens is 1. The van der Waals surface area contributed by atoms with E-state index in [9.17, 15) is 0 Å². The third kappa shape index (κ3) is 1.89. The number of rotatable bonds is 2. The highest BCUT2D eigenvalue weighted by atomic mass is 35.5. The number of thioether (sulfide) groups is 1. The summed E-state index contributed by atoms with van der Waals surface area (Å²) in [6.45, 7) is 2.01. The van der Waals surface area contributed by atoms with Crippen molar-refractivity contribution in [2.45, 2.75) is 30.6 Å². The zero-order chi connectivity index (χ0) is 10.1. The molecule has 1 fully saturated rings. The van der Waals surface area contributed by atoms with E-state index >= 15 is 0 Å². The molecule has 72 valence electrons. The van der Waals surface area contributed by atoms with Crippen LogP contribution in [0.5, 0.6) is 0 Å². The molecule has 0 aromatic heterocycles. The van der Waals surface area contributed by atoms with Crippen molar-refractivity contribution in [3.05, 3.63) is 28.3 Å². The molecule has 0 heterocycles. The Labute approximate surface area is 93.1 Å². The van der Waals surface area contributed by atoms with Crippen LogP contribution in [-0.4, -0.2) is 0 Å². The molecule has 0 aliphatic heterocycles. The zero-order valence-corrected chi connectivity index (χ0v) is 9.45. The van der Waals surface area contributed by atoms with Gasteiger partial charge in [-0.25, -0.2) is 0 Å². The standard InChI is InChI=1S/C11H10ClNS/c1-7-4-9(8-2-3-8)5-10(12)11(7)14-6-13/h4-5,8H,2-3H2,1H3. The molecule has 1 aromatic rings. The smallest absolute Gasteiger partial charge is 0.138 e. The molecule has 1 nitrogen and oxygen atoms in total. The second-order valence-electron chi connectivity index (χ2n) is 3.62. The molecule has 0 amide bonds. The topological polar surface area (TPSA) is 23.8 Å². The average molecular weight is 224 g/mol. The summed E-state index contributed by atoms with van der Waals surface area (Å²) in [5.74, 6) is 0.715. The second kappa shape index (κ2) is 3.84. The van der Waals surface area contributed by atoms with Crippen LogP contribution in [-0.2, 0) is 0 Å². The van der Waals surface area contributed by atoms with Crippen LogP contribution in [0.1, 0.15) is 29.9 Å². The Bertz CT molecular complexity index is 381. The third-order valence-electron chi connectivity index (χ3n) is 2.45. The molecule has 1 aliphatic carbocycles. The van der Waals surface area contributed by atoms with Gasteiger partial charge >= 0.3 is 0 Å². The lowest BCUT2D eigenvalue weighted by molar-refractivity contribution is 1.10. The summed E-state index contributed by atoms with van der Waals surface area (Å²) >= 11 is 7.26. The van der Waals surface area contributed by atoms with Gasteiger partial charge in [0.25, 0.3) is 0 Å². The van der Waals surface area contributed by atoms with Gasteiger partial charge < -0.3 is 0 Å². The van der Waals surface area contributed by atoms with Crippen LogP contribution in [0.4, 0.5) is 0 Å². The molecule has 0 unspecified atom stereocenters. The van der Waals surface area contributed by atoms with E-state index in [-0.39, 0.29) is 0 Å². The molecule has 1 aliphatic rings. The van der Waals surface area contributed by atoms with Crippen LogP contribution >= 0.6 is 23.4 Å². The Balaban J connectivity index is 2.39. The van der Waals surface area contributed by atoms with Gasteiger partial charge in [0, 0.05) is 4.90 Å². The van der Waals surface area contributed by atoms with Gasteiger partial charge in [0.15, 0.2) is 0 Å². The second-order valence-corrected chi connectivity index (χ2v) is 4.82. The lowest BCUT2D eigenvalue weighted by atomic mass is 10.1. The molecule has 0 saturated heterocycles. The van der Waals surface area contributed by atoms with Crippen molar-refractivity contribution in [2.24, 2.45) is 0 Å². The largest absolute Gasteiger partial charge is 0.185 e. The quantitative estimate of drug-likeness (QED) is 0.557. The SMILES string of the molecule is Cc1cc(C2CC2)cc(Cl)c1SC#N. The van der Waals surface area contributed by atoms with E-state index in [2.05, 4.69) is 11.5 Å². The molecular weight excluding hydrogens is 214 g/mol. The third-order valence-corrected chi connectivity index (χ3v) is 3.70. The highest BCUT2D eigenvalue weighted by molar-refractivity contribution is 8.03. The van der Waals surface area contributed by atoms with Crippen LogP contribution in [0.2, 0.25) is 5.02 Å². The van der Waals surface area contributed by atoms with Crippen molar-refractivity contribution in [1.29, 1.82) is 5.26 Å². The molecule has 0 N–H and O–H groups in total. The summed E-state index contributed by atoms with van der Waals surface area (Å²) in [4.78, 5) is 0.901. The van der Waals surface area contributed by atoms with Gasteiger partial charge in [-0.1, -0.05) is 17.7 Å². The van der Waals surface area contributed by atoms with Gasteiger partial charge in [-0.05, 0) is 54.6 Å². The Morgan fingerprint density at radius 1 is 1.50 bits per heavy atom. The van der Waals surface area contributed by atoms with Crippen LogP contribution in [0.3, 0.4) is 0 Å². The maximum atomic E-state index is 8.61. The summed E-state index contributed by atoms with van der Waals surface area (Å²) in [6, 6.07) is 4.16. The molecule has 1 aromatic carbocycles. The monoisotopic (exact) mass is 223 g/mol. The molecule has 0 bridgehead atoms. The van der Waals surface area contributed by atoms with E-state index < -0.39 is 0 Å². The number of nitriles is 1. The molecular formula is C11H10ClNS. The maximum absolute atomic E-state index is 8.61. The minimum Gasteiger partial charge on any atom is -0.185 e. The Kier molecular flexibility index (Phi) is 2.71. The normalized spacial score (nSPS) is 15.2. The maximum Gasteiger partial charge on any atom is 0.138 e. The summed E-state index contributed by atoms with van der Waals surface area (Å²) in [5, 5.41) is 11.4. The lowest BCUT2D eigenvalue weighted by Crippen LogP contribution is -1.86. The van der Waals surface area contributed by atoms with E-state index in [1.54, 1.807) is 0 Å². The van der Waals surface area contributed by atoms with Crippen LogP contribution < -0.4 is 0 Å². The number of benzene rings is 1. The van der Waals surface area contributed by atoms with Crippen molar-refractivity contribution in [3.63, 3.8) is 0 Å². The van der Waals surface area contributed by atoms with E-state index in [4.69, 9.17) is 16.9 Å².